The summed E-state index contributed by atoms with van der Waals surface area (Å²) in [5.74, 6) is 0.503. The Morgan fingerprint density at radius 1 is 1.38 bits per heavy atom. The van der Waals surface area contributed by atoms with E-state index in [1.165, 1.54) is 0 Å². The van der Waals surface area contributed by atoms with Crippen LogP contribution < -0.4 is 10.1 Å². The van der Waals surface area contributed by atoms with Crippen molar-refractivity contribution in [3.8, 4) is 5.75 Å². The number of nitrogens with one attached hydrogen (secondary N) is 1. The van der Waals surface area contributed by atoms with Crippen molar-refractivity contribution in [2.45, 2.75) is 36.7 Å². The molecule has 24 heavy (non-hydrogen) atoms. The Balaban J connectivity index is 2.21. The van der Waals surface area contributed by atoms with Crippen LogP contribution in [-0.4, -0.2) is 23.6 Å². The molecule has 1 heterocycles. The smallest absolute Gasteiger partial charge is 0.289 e. The highest BCUT2D eigenvalue weighted by Gasteiger charge is 2.43. The third-order valence-electron chi connectivity index (χ3n) is 3.50. The zero-order valence-electron chi connectivity index (χ0n) is 13.2. The quantitative estimate of drug-likeness (QED) is 0.419. The summed E-state index contributed by atoms with van der Waals surface area (Å²) in [5.41, 5.74) is 0.767. The average molecular weight is 502 g/mol. The van der Waals surface area contributed by atoms with E-state index >= 15 is 0 Å². The summed E-state index contributed by atoms with van der Waals surface area (Å²) < 4.78 is 11.3. The number of benzene rings is 1. The summed E-state index contributed by atoms with van der Waals surface area (Å²) in [5, 5.41) is 2.68. The number of hydrogen-bond acceptors (Lipinski definition) is 3. The van der Waals surface area contributed by atoms with Crippen molar-refractivity contribution in [1.82, 2.24) is 5.32 Å². The number of hydrogen-bond donors (Lipinski definition) is 1. The molecule has 4 nitrogen and oxygen atoms in total. The van der Waals surface area contributed by atoms with Gasteiger partial charge in [0.2, 0.25) is 6.23 Å². The van der Waals surface area contributed by atoms with Gasteiger partial charge in [-0.05, 0) is 62.1 Å². The number of halogens is 4. The van der Waals surface area contributed by atoms with Crippen LogP contribution in [0, 0.1) is 0 Å². The van der Waals surface area contributed by atoms with Crippen molar-refractivity contribution >= 4 is 67.0 Å². The Morgan fingerprint density at radius 2 is 2.00 bits per heavy atom. The topological polar surface area (TPSA) is 47.6 Å². The Morgan fingerprint density at radius 3 is 2.54 bits per heavy atom. The van der Waals surface area contributed by atoms with Gasteiger partial charge >= 0.3 is 0 Å². The molecule has 132 valence electrons. The van der Waals surface area contributed by atoms with Gasteiger partial charge in [0.25, 0.3) is 5.91 Å². The van der Waals surface area contributed by atoms with Gasteiger partial charge in [0.05, 0.1) is 16.1 Å². The van der Waals surface area contributed by atoms with Crippen molar-refractivity contribution in [3.05, 3.63) is 32.4 Å². The van der Waals surface area contributed by atoms with Crippen LogP contribution in [0.4, 0.5) is 0 Å². The van der Waals surface area contributed by atoms with Gasteiger partial charge in [-0.1, -0.05) is 43.0 Å². The molecule has 0 aliphatic carbocycles. The molecule has 0 radical (unpaired) electrons. The molecular formula is C16H17Br2Cl2NO3. The van der Waals surface area contributed by atoms with Crippen LogP contribution in [0.1, 0.15) is 31.7 Å². The first-order valence-electron chi connectivity index (χ1n) is 7.38. The SMILES string of the molecule is CCCCC(Cl)(Cl)C1NC(=O)/C(=C/c2cc(Br)c(OC)c(Br)c2)O1. The molecule has 1 N–H and O–H groups in total. The molecule has 1 aromatic carbocycles. The molecule has 1 fully saturated rings. The Hall–Kier alpha value is -0.430. The molecule has 1 aliphatic rings. The van der Waals surface area contributed by atoms with E-state index in [1.54, 1.807) is 13.2 Å². The van der Waals surface area contributed by atoms with Crippen LogP contribution in [0.15, 0.2) is 26.8 Å². The Labute approximate surface area is 168 Å². The lowest BCUT2D eigenvalue weighted by Crippen LogP contribution is -2.41. The van der Waals surface area contributed by atoms with Crippen molar-refractivity contribution in [2.24, 2.45) is 0 Å². The third-order valence-corrected chi connectivity index (χ3v) is 5.45. The summed E-state index contributed by atoms with van der Waals surface area (Å²) in [7, 11) is 1.58. The van der Waals surface area contributed by atoms with Crippen LogP contribution in [0.2, 0.25) is 0 Å². The highest BCUT2D eigenvalue weighted by atomic mass is 79.9. The predicted octanol–water partition coefficient (Wildman–Crippen LogP) is 5.40. The molecule has 1 aliphatic heterocycles. The largest absolute Gasteiger partial charge is 0.494 e. The van der Waals surface area contributed by atoms with Crippen molar-refractivity contribution in [3.63, 3.8) is 0 Å². The normalized spacial score (nSPS) is 19.3. The molecule has 1 aromatic rings. The average Bonchev–Trinajstić information content (AvgIpc) is 2.87. The molecule has 0 saturated carbocycles. The third kappa shape index (κ3) is 4.59. The number of alkyl halides is 2. The number of rotatable bonds is 6. The summed E-state index contributed by atoms with van der Waals surface area (Å²) in [4.78, 5) is 12.1. The van der Waals surface area contributed by atoms with Crippen LogP contribution in [0.25, 0.3) is 6.08 Å². The summed E-state index contributed by atoms with van der Waals surface area (Å²) in [6.45, 7) is 2.04. The van der Waals surface area contributed by atoms with Gasteiger partial charge < -0.3 is 14.8 Å². The second kappa shape index (κ2) is 8.30. The lowest BCUT2D eigenvalue weighted by atomic mass is 10.2. The Bertz CT molecular complexity index is 642. The van der Waals surface area contributed by atoms with Gasteiger partial charge in [0.1, 0.15) is 5.75 Å². The van der Waals surface area contributed by atoms with Crippen LogP contribution in [0.5, 0.6) is 5.75 Å². The molecule has 0 spiro atoms. The highest BCUT2D eigenvalue weighted by Crippen LogP contribution is 2.37. The molecule has 0 bridgehead atoms. The molecule has 1 atom stereocenters. The van der Waals surface area contributed by atoms with Crippen molar-refractivity contribution < 1.29 is 14.3 Å². The van der Waals surface area contributed by atoms with E-state index in [2.05, 4.69) is 37.2 Å². The van der Waals surface area contributed by atoms with E-state index in [0.29, 0.717) is 12.2 Å². The van der Waals surface area contributed by atoms with Gasteiger partial charge in [-0.2, -0.15) is 0 Å². The molecule has 2 rings (SSSR count). The fourth-order valence-corrected chi connectivity index (χ4v) is 4.26. The van der Waals surface area contributed by atoms with Gasteiger partial charge in [-0.15, -0.1) is 0 Å². The molecule has 0 aromatic heterocycles. The predicted molar refractivity (Wildman–Crippen MR) is 103 cm³/mol. The van der Waals surface area contributed by atoms with Gasteiger partial charge in [-0.3, -0.25) is 4.79 Å². The van der Waals surface area contributed by atoms with E-state index in [1.807, 2.05) is 19.1 Å². The highest BCUT2D eigenvalue weighted by molar-refractivity contribution is 9.11. The van der Waals surface area contributed by atoms with Gasteiger partial charge in [0.15, 0.2) is 10.1 Å². The summed E-state index contributed by atoms with van der Waals surface area (Å²) >= 11 is 19.5. The first kappa shape index (κ1) is 19.9. The first-order chi connectivity index (χ1) is 11.3. The van der Waals surface area contributed by atoms with Crippen LogP contribution >= 0.6 is 55.1 Å². The Kier molecular flexibility index (Phi) is 6.88. The lowest BCUT2D eigenvalue weighted by molar-refractivity contribution is -0.116. The summed E-state index contributed by atoms with van der Waals surface area (Å²) in [6.07, 6.45) is 3.20. The van der Waals surface area contributed by atoms with E-state index in [9.17, 15) is 4.79 Å². The molecule has 8 heteroatoms. The number of methoxy groups -OCH3 is 1. The van der Waals surface area contributed by atoms with Crippen molar-refractivity contribution in [2.75, 3.05) is 7.11 Å². The summed E-state index contributed by atoms with van der Waals surface area (Å²) in [6, 6.07) is 3.65. The minimum absolute atomic E-state index is 0.172. The number of unbranched alkanes of at least 4 members (excludes halogenated alkanes) is 1. The monoisotopic (exact) mass is 499 g/mol. The zero-order valence-corrected chi connectivity index (χ0v) is 17.9. The number of carbonyl (C=O) groups is 1. The fourth-order valence-electron chi connectivity index (χ4n) is 2.24. The second-order valence-electron chi connectivity index (χ2n) is 5.36. The van der Waals surface area contributed by atoms with E-state index in [0.717, 1.165) is 27.4 Å². The molecular weight excluding hydrogens is 485 g/mol. The number of carbonyl (C=O) groups excluding carboxylic acids is 1. The standard InChI is InChI=1S/C16H17Br2Cl2NO3/c1-3-4-5-16(19,20)15-21-14(22)12(24-15)8-9-6-10(17)13(23-2)11(18)7-9/h6-8,15H,3-5H2,1-2H3,(H,21,22)/b12-8-. The lowest BCUT2D eigenvalue weighted by Gasteiger charge is -2.24. The number of amides is 1. The van der Waals surface area contributed by atoms with E-state index < -0.39 is 10.6 Å². The fraction of sp³-hybridized carbons (Fsp3) is 0.438. The second-order valence-corrected chi connectivity index (χ2v) is 8.61. The molecule has 1 amide bonds. The van der Waals surface area contributed by atoms with Crippen LogP contribution in [-0.2, 0) is 9.53 Å². The maximum Gasteiger partial charge on any atom is 0.289 e. The number of ether oxygens (including phenoxy) is 2. The zero-order chi connectivity index (χ0) is 17.9. The van der Waals surface area contributed by atoms with Gasteiger partial charge in [0, 0.05) is 0 Å². The minimum Gasteiger partial charge on any atom is -0.494 e. The van der Waals surface area contributed by atoms with Gasteiger partial charge in [-0.25, -0.2) is 0 Å². The first-order valence-corrected chi connectivity index (χ1v) is 9.72. The molecule has 1 saturated heterocycles. The molecule has 1 unspecified atom stereocenters. The minimum atomic E-state index is -1.16. The van der Waals surface area contributed by atoms with E-state index in [-0.39, 0.29) is 11.7 Å². The maximum atomic E-state index is 12.1. The van der Waals surface area contributed by atoms with E-state index in [4.69, 9.17) is 32.7 Å². The maximum absolute atomic E-state index is 12.1. The van der Waals surface area contributed by atoms with Crippen LogP contribution in [0.3, 0.4) is 0 Å². The van der Waals surface area contributed by atoms with Crippen molar-refractivity contribution in [1.29, 1.82) is 0 Å².